The zero-order valence-electron chi connectivity index (χ0n) is 13.0. The highest BCUT2D eigenvalue weighted by atomic mass is 35.5. The highest BCUT2D eigenvalue weighted by Gasteiger charge is 2.35. The second-order valence-electron chi connectivity index (χ2n) is 6.02. The number of amides is 1. The fourth-order valence-electron chi connectivity index (χ4n) is 2.74. The lowest BCUT2D eigenvalue weighted by Crippen LogP contribution is -3.13. The van der Waals surface area contributed by atoms with Crippen LogP contribution in [0.25, 0.3) is 0 Å². The standard InChI is InChI=1S/C18H17Cl2FN2O/c19-14-5-3-6-15(20)18(14)22-17(24)11-23(13-8-9-13)10-12-4-1-2-7-16(12)21/h1-7,13H,8-11H2,(H,22,24)/p+1. The van der Waals surface area contributed by atoms with Gasteiger partial charge in [-0.2, -0.15) is 0 Å². The van der Waals surface area contributed by atoms with Crippen LogP contribution in [0.5, 0.6) is 0 Å². The number of anilines is 1. The number of halogens is 3. The van der Waals surface area contributed by atoms with Crippen molar-refractivity contribution in [1.29, 1.82) is 0 Å². The number of para-hydroxylation sites is 1. The Kier molecular flexibility index (Phi) is 5.39. The lowest BCUT2D eigenvalue weighted by Gasteiger charge is -2.19. The van der Waals surface area contributed by atoms with E-state index < -0.39 is 0 Å². The first-order chi connectivity index (χ1) is 11.5. The minimum absolute atomic E-state index is 0.178. The van der Waals surface area contributed by atoms with Gasteiger partial charge in [0.25, 0.3) is 5.91 Å². The molecule has 3 rings (SSSR count). The molecule has 126 valence electrons. The van der Waals surface area contributed by atoms with Crippen LogP contribution in [0.4, 0.5) is 10.1 Å². The highest BCUT2D eigenvalue weighted by Crippen LogP contribution is 2.29. The molecule has 6 heteroatoms. The van der Waals surface area contributed by atoms with Crippen molar-refractivity contribution in [3.8, 4) is 0 Å². The van der Waals surface area contributed by atoms with Crippen LogP contribution < -0.4 is 10.2 Å². The van der Waals surface area contributed by atoms with E-state index in [1.165, 1.54) is 6.07 Å². The van der Waals surface area contributed by atoms with Crippen LogP contribution in [0.2, 0.25) is 10.0 Å². The van der Waals surface area contributed by atoms with Gasteiger partial charge in [0.15, 0.2) is 6.54 Å². The Balaban J connectivity index is 1.68. The van der Waals surface area contributed by atoms with E-state index in [0.717, 1.165) is 17.7 Å². The van der Waals surface area contributed by atoms with Crippen LogP contribution in [0, 0.1) is 5.82 Å². The number of carbonyl (C=O) groups is 1. The first-order valence-electron chi connectivity index (χ1n) is 7.86. The summed E-state index contributed by atoms with van der Waals surface area (Å²) in [4.78, 5) is 13.4. The molecule has 2 N–H and O–H groups in total. The van der Waals surface area contributed by atoms with Crippen molar-refractivity contribution in [2.75, 3.05) is 11.9 Å². The first-order valence-corrected chi connectivity index (χ1v) is 8.62. The molecule has 0 bridgehead atoms. The summed E-state index contributed by atoms with van der Waals surface area (Å²) in [6.07, 6.45) is 2.12. The summed E-state index contributed by atoms with van der Waals surface area (Å²) in [7, 11) is 0. The Morgan fingerprint density at radius 3 is 2.42 bits per heavy atom. The maximum Gasteiger partial charge on any atom is 0.279 e. The quantitative estimate of drug-likeness (QED) is 0.806. The summed E-state index contributed by atoms with van der Waals surface area (Å²) in [5.41, 5.74) is 1.05. The van der Waals surface area contributed by atoms with E-state index >= 15 is 0 Å². The fourth-order valence-corrected chi connectivity index (χ4v) is 3.23. The average Bonchev–Trinajstić information content (AvgIpc) is 3.37. The molecule has 0 aliphatic heterocycles. The van der Waals surface area contributed by atoms with Crippen molar-refractivity contribution < 1.29 is 14.1 Å². The molecule has 1 unspecified atom stereocenters. The van der Waals surface area contributed by atoms with Crippen LogP contribution in [0.1, 0.15) is 18.4 Å². The second-order valence-corrected chi connectivity index (χ2v) is 6.84. The van der Waals surface area contributed by atoms with Crippen molar-refractivity contribution in [3.63, 3.8) is 0 Å². The Morgan fingerprint density at radius 1 is 1.12 bits per heavy atom. The summed E-state index contributed by atoms with van der Waals surface area (Å²) in [6, 6.07) is 12.2. The molecule has 1 aliphatic rings. The first kappa shape index (κ1) is 17.2. The van der Waals surface area contributed by atoms with Crippen molar-refractivity contribution >= 4 is 34.8 Å². The van der Waals surface area contributed by atoms with Crippen LogP contribution in [0.3, 0.4) is 0 Å². The minimum Gasteiger partial charge on any atom is -0.321 e. The zero-order valence-corrected chi connectivity index (χ0v) is 14.5. The Bertz CT molecular complexity index is 729. The van der Waals surface area contributed by atoms with E-state index in [0.29, 0.717) is 33.9 Å². The molecule has 1 aliphatic carbocycles. The average molecular weight is 368 g/mol. The fraction of sp³-hybridized carbons (Fsp3) is 0.278. The summed E-state index contributed by atoms with van der Waals surface area (Å²) >= 11 is 12.2. The summed E-state index contributed by atoms with van der Waals surface area (Å²) in [5.74, 6) is -0.409. The third-order valence-corrected chi connectivity index (χ3v) is 4.77. The van der Waals surface area contributed by atoms with Crippen LogP contribution in [-0.4, -0.2) is 18.5 Å². The monoisotopic (exact) mass is 367 g/mol. The Hall–Kier alpha value is -1.62. The zero-order chi connectivity index (χ0) is 17.1. The van der Waals surface area contributed by atoms with Gasteiger partial charge in [-0.25, -0.2) is 4.39 Å². The third-order valence-electron chi connectivity index (χ3n) is 4.14. The Labute approximate surface area is 150 Å². The van der Waals surface area contributed by atoms with Crippen LogP contribution in [0.15, 0.2) is 42.5 Å². The predicted molar refractivity (Wildman–Crippen MR) is 94.0 cm³/mol. The van der Waals surface area contributed by atoms with Crippen molar-refractivity contribution in [1.82, 2.24) is 0 Å². The van der Waals surface area contributed by atoms with Crippen molar-refractivity contribution in [2.45, 2.75) is 25.4 Å². The van der Waals surface area contributed by atoms with Gasteiger partial charge in [0, 0.05) is 18.4 Å². The minimum atomic E-state index is -0.231. The van der Waals surface area contributed by atoms with Gasteiger partial charge in [0.05, 0.1) is 21.8 Å². The van der Waals surface area contributed by atoms with Gasteiger partial charge in [-0.15, -0.1) is 0 Å². The maximum atomic E-state index is 13.9. The molecule has 1 amide bonds. The van der Waals surface area contributed by atoms with E-state index in [1.807, 2.05) is 6.07 Å². The van der Waals surface area contributed by atoms with Gasteiger partial charge in [-0.3, -0.25) is 4.79 Å². The topological polar surface area (TPSA) is 33.5 Å². The van der Waals surface area contributed by atoms with E-state index in [9.17, 15) is 9.18 Å². The van der Waals surface area contributed by atoms with Crippen molar-refractivity contribution in [3.05, 3.63) is 63.9 Å². The third kappa shape index (κ3) is 4.26. The summed E-state index contributed by atoms with van der Waals surface area (Å²) in [6.45, 7) is 0.738. The van der Waals surface area contributed by atoms with E-state index in [2.05, 4.69) is 5.32 Å². The molecule has 0 aromatic heterocycles. The molecule has 1 saturated carbocycles. The van der Waals surface area contributed by atoms with Gasteiger partial charge in [0.1, 0.15) is 12.4 Å². The molecular weight excluding hydrogens is 350 g/mol. The lowest BCUT2D eigenvalue weighted by atomic mass is 10.2. The summed E-state index contributed by atoms with van der Waals surface area (Å²) < 4.78 is 13.9. The molecule has 3 nitrogen and oxygen atoms in total. The smallest absolute Gasteiger partial charge is 0.279 e. The van der Waals surface area contributed by atoms with Gasteiger partial charge in [-0.05, 0) is 18.2 Å². The molecule has 2 aromatic carbocycles. The van der Waals surface area contributed by atoms with Gasteiger partial charge in [0.2, 0.25) is 0 Å². The van der Waals surface area contributed by atoms with Crippen LogP contribution >= 0.6 is 23.2 Å². The molecule has 0 radical (unpaired) electrons. The predicted octanol–water partition coefficient (Wildman–Crippen LogP) is 3.32. The molecule has 1 atom stereocenters. The summed E-state index contributed by atoms with van der Waals surface area (Å²) in [5, 5.41) is 3.58. The van der Waals surface area contributed by atoms with E-state index in [-0.39, 0.29) is 18.3 Å². The van der Waals surface area contributed by atoms with Gasteiger partial charge >= 0.3 is 0 Å². The second kappa shape index (κ2) is 7.51. The van der Waals surface area contributed by atoms with Gasteiger partial charge < -0.3 is 10.2 Å². The number of rotatable bonds is 6. The van der Waals surface area contributed by atoms with Crippen LogP contribution in [-0.2, 0) is 11.3 Å². The number of hydrogen-bond acceptors (Lipinski definition) is 1. The molecule has 0 spiro atoms. The van der Waals surface area contributed by atoms with E-state index in [4.69, 9.17) is 23.2 Å². The Morgan fingerprint density at radius 2 is 1.79 bits per heavy atom. The molecule has 0 heterocycles. The van der Waals surface area contributed by atoms with Crippen molar-refractivity contribution in [2.24, 2.45) is 0 Å². The normalized spacial score (nSPS) is 15.1. The molecular formula is C18H18Cl2FN2O+. The number of nitrogens with one attached hydrogen (secondary N) is 2. The number of hydrogen-bond donors (Lipinski definition) is 2. The molecule has 0 saturated heterocycles. The lowest BCUT2D eigenvalue weighted by molar-refractivity contribution is -0.917. The number of benzene rings is 2. The van der Waals surface area contributed by atoms with E-state index in [1.54, 1.807) is 30.3 Å². The largest absolute Gasteiger partial charge is 0.321 e. The number of carbonyl (C=O) groups excluding carboxylic acids is 1. The number of quaternary nitrogens is 1. The highest BCUT2D eigenvalue weighted by molar-refractivity contribution is 6.39. The maximum absolute atomic E-state index is 13.9. The molecule has 1 fully saturated rings. The van der Waals surface area contributed by atoms with Gasteiger partial charge in [-0.1, -0.05) is 47.5 Å². The molecule has 2 aromatic rings. The molecule has 24 heavy (non-hydrogen) atoms. The SMILES string of the molecule is O=C(C[NH+](Cc1ccccc1F)C1CC1)Nc1c(Cl)cccc1Cl.